The van der Waals surface area contributed by atoms with Crippen LogP contribution < -0.4 is 0 Å². The van der Waals surface area contributed by atoms with E-state index in [2.05, 4.69) is 182 Å². The molecule has 0 fully saturated rings. The van der Waals surface area contributed by atoms with Gasteiger partial charge < -0.3 is 0 Å². The van der Waals surface area contributed by atoms with E-state index >= 15 is 0 Å². The summed E-state index contributed by atoms with van der Waals surface area (Å²) in [6.45, 7) is 0. The Morgan fingerprint density at radius 3 is 1.98 bits per heavy atom. The third-order valence-corrected chi connectivity index (χ3v) is 13.7. The fraction of sp³-hybridized carbons (Fsp3) is 0.138. The molecule has 0 radical (unpaired) electrons. The van der Waals surface area contributed by atoms with Gasteiger partial charge in [0.2, 0.25) is 0 Å². The third-order valence-electron chi connectivity index (χ3n) is 13.7. The van der Waals surface area contributed by atoms with Gasteiger partial charge in [-0.1, -0.05) is 187 Å². The van der Waals surface area contributed by atoms with Crippen molar-refractivity contribution in [1.29, 1.82) is 0 Å². The molecule has 2 unspecified atom stereocenters. The lowest BCUT2D eigenvalue weighted by atomic mass is 9.72. The Hall–Kier alpha value is -6.50. The Labute approximate surface area is 341 Å². The summed E-state index contributed by atoms with van der Waals surface area (Å²) in [4.78, 5) is 0. The molecule has 276 valence electrons. The van der Waals surface area contributed by atoms with Gasteiger partial charge >= 0.3 is 0 Å². The smallest absolute Gasteiger partial charge is 0.0202 e. The molecule has 0 amide bonds. The van der Waals surface area contributed by atoms with Gasteiger partial charge in [-0.15, -0.1) is 0 Å². The van der Waals surface area contributed by atoms with E-state index in [0.717, 1.165) is 25.7 Å². The van der Waals surface area contributed by atoms with Gasteiger partial charge in [-0.25, -0.2) is 0 Å². The van der Waals surface area contributed by atoms with E-state index in [1.807, 2.05) is 0 Å². The molecule has 58 heavy (non-hydrogen) atoms. The minimum atomic E-state index is 0.311. The molecule has 0 aromatic heterocycles. The highest BCUT2D eigenvalue weighted by Crippen LogP contribution is 2.63. The maximum Gasteiger partial charge on any atom is 0.0202 e. The molecule has 12 rings (SSSR count). The van der Waals surface area contributed by atoms with Gasteiger partial charge in [-0.3, -0.25) is 0 Å². The van der Waals surface area contributed by atoms with Crippen molar-refractivity contribution in [3.05, 3.63) is 215 Å². The number of allylic oxidation sites excluding steroid dienone is 12. The molecule has 0 heterocycles. The summed E-state index contributed by atoms with van der Waals surface area (Å²) in [6, 6.07) is 50.4. The first-order chi connectivity index (χ1) is 28.8. The SMILES string of the molecule is C1=CCCC(CCC2=CC=C3c4c(c(-c5ccccc5)c5cc6c7c(cccc7c5c4-c4ccccc4)-c4cc(CCc5ccccc5)ccc4-6)C4=CC=CC2C43)=C1. The summed E-state index contributed by atoms with van der Waals surface area (Å²) in [5.74, 6) is 0.675. The van der Waals surface area contributed by atoms with Crippen LogP contribution in [0.15, 0.2) is 193 Å². The van der Waals surface area contributed by atoms with Crippen molar-refractivity contribution in [3.8, 4) is 44.5 Å². The zero-order valence-corrected chi connectivity index (χ0v) is 32.7. The molecule has 0 aliphatic heterocycles. The summed E-state index contributed by atoms with van der Waals surface area (Å²) in [6.07, 6.45) is 25.9. The predicted octanol–water partition coefficient (Wildman–Crippen LogP) is 15.3. The summed E-state index contributed by atoms with van der Waals surface area (Å²) in [7, 11) is 0. The average molecular weight is 741 g/mol. The Morgan fingerprint density at radius 2 is 1.19 bits per heavy atom. The van der Waals surface area contributed by atoms with Gasteiger partial charge in [0, 0.05) is 11.8 Å². The van der Waals surface area contributed by atoms with Crippen LogP contribution in [0.25, 0.3) is 77.2 Å². The number of rotatable bonds is 8. The number of hydrogen-bond donors (Lipinski definition) is 0. The predicted molar refractivity (Wildman–Crippen MR) is 246 cm³/mol. The van der Waals surface area contributed by atoms with Gasteiger partial charge in [0.05, 0.1) is 0 Å². The molecule has 0 saturated heterocycles. The van der Waals surface area contributed by atoms with Gasteiger partial charge in [-0.2, -0.15) is 0 Å². The molecule has 7 aromatic rings. The minimum Gasteiger partial charge on any atom is -0.0842 e. The first-order valence-electron chi connectivity index (χ1n) is 21.3. The number of fused-ring (bicyclic) bond motifs is 8. The summed E-state index contributed by atoms with van der Waals surface area (Å²) >= 11 is 0. The molecule has 2 atom stereocenters. The molecular formula is C58H44. The molecule has 0 bridgehead atoms. The molecule has 0 nitrogen and oxygen atoms in total. The van der Waals surface area contributed by atoms with Crippen molar-refractivity contribution >= 4 is 32.7 Å². The quantitative estimate of drug-likeness (QED) is 0.136. The van der Waals surface area contributed by atoms with E-state index in [4.69, 9.17) is 0 Å². The maximum absolute atomic E-state index is 2.58. The van der Waals surface area contributed by atoms with Crippen molar-refractivity contribution in [3.63, 3.8) is 0 Å². The van der Waals surface area contributed by atoms with Crippen LogP contribution in [0, 0.1) is 11.8 Å². The lowest BCUT2D eigenvalue weighted by molar-refractivity contribution is 0.627. The molecule has 0 saturated carbocycles. The largest absolute Gasteiger partial charge is 0.0842 e. The normalized spacial score (nSPS) is 18.1. The maximum atomic E-state index is 2.58. The second kappa shape index (κ2) is 13.6. The Morgan fingerprint density at radius 1 is 0.448 bits per heavy atom. The Balaban J connectivity index is 1.12. The van der Waals surface area contributed by atoms with E-state index in [-0.39, 0.29) is 0 Å². The summed E-state index contributed by atoms with van der Waals surface area (Å²) in [5, 5.41) is 5.47. The molecule has 7 aromatic carbocycles. The third kappa shape index (κ3) is 5.21. The highest BCUT2D eigenvalue weighted by Gasteiger charge is 2.44. The van der Waals surface area contributed by atoms with Crippen LogP contribution in [0.5, 0.6) is 0 Å². The van der Waals surface area contributed by atoms with Crippen molar-refractivity contribution in [2.24, 2.45) is 11.8 Å². The van der Waals surface area contributed by atoms with Crippen molar-refractivity contribution in [2.45, 2.75) is 38.5 Å². The van der Waals surface area contributed by atoms with Crippen molar-refractivity contribution in [1.82, 2.24) is 0 Å². The monoisotopic (exact) mass is 740 g/mol. The molecule has 0 spiro atoms. The first-order valence-corrected chi connectivity index (χ1v) is 21.3. The van der Waals surface area contributed by atoms with Crippen LogP contribution in [-0.4, -0.2) is 0 Å². The average Bonchev–Trinajstić information content (AvgIpc) is 3.79. The molecular weight excluding hydrogens is 697 g/mol. The van der Waals surface area contributed by atoms with Crippen LogP contribution >= 0.6 is 0 Å². The van der Waals surface area contributed by atoms with Gasteiger partial charge in [0.25, 0.3) is 0 Å². The van der Waals surface area contributed by atoms with E-state index in [1.165, 1.54) is 112 Å². The van der Waals surface area contributed by atoms with E-state index in [9.17, 15) is 0 Å². The lowest BCUT2D eigenvalue weighted by Gasteiger charge is -2.32. The topological polar surface area (TPSA) is 0 Å². The second-order valence-corrected chi connectivity index (χ2v) is 16.8. The first kappa shape index (κ1) is 33.6. The minimum absolute atomic E-state index is 0.311. The van der Waals surface area contributed by atoms with Crippen molar-refractivity contribution < 1.29 is 0 Å². The molecule has 5 aliphatic carbocycles. The van der Waals surface area contributed by atoms with Gasteiger partial charge in [0.1, 0.15) is 0 Å². The van der Waals surface area contributed by atoms with E-state index in [0.29, 0.717) is 11.8 Å². The van der Waals surface area contributed by atoms with Crippen LogP contribution in [-0.2, 0) is 12.8 Å². The van der Waals surface area contributed by atoms with Gasteiger partial charge in [0.15, 0.2) is 0 Å². The molecule has 0 N–H and O–H groups in total. The zero-order chi connectivity index (χ0) is 38.2. The molecule has 5 aliphatic rings. The fourth-order valence-electron chi connectivity index (χ4n) is 11.1. The number of hydrogen-bond acceptors (Lipinski definition) is 0. The van der Waals surface area contributed by atoms with Crippen LogP contribution in [0.2, 0.25) is 0 Å². The number of benzene rings is 7. The Kier molecular flexibility index (Phi) is 7.86. The number of aryl methyl sites for hydroxylation is 2. The van der Waals surface area contributed by atoms with Crippen LogP contribution in [0.1, 0.15) is 47.9 Å². The van der Waals surface area contributed by atoms with E-state index < -0.39 is 0 Å². The Bertz CT molecular complexity index is 3020. The second-order valence-electron chi connectivity index (χ2n) is 16.8. The summed E-state index contributed by atoms with van der Waals surface area (Å²) in [5.41, 5.74) is 22.5. The fourth-order valence-corrected chi connectivity index (χ4v) is 11.1. The van der Waals surface area contributed by atoms with Crippen molar-refractivity contribution in [2.75, 3.05) is 0 Å². The van der Waals surface area contributed by atoms with Crippen LogP contribution in [0.4, 0.5) is 0 Å². The standard InChI is InChI=1S/C58H44/c1-5-15-37(16-6-1)27-28-39-30-33-44-49(35-39)45-24-14-25-46-55(45)50(44)36-51-52(41-19-9-3-10-20-41)57-47-26-13-23-43-40(31-29-38-17-7-2-8-18-38)32-34-48(54(43)47)58(57)53(56(46)51)42-21-11-4-12-22-42/h1-7,9-17,19-26,30,32-36,43,54H,8,18,27-29,31H2. The highest BCUT2D eigenvalue weighted by atomic mass is 14.5. The van der Waals surface area contributed by atoms with Gasteiger partial charge in [-0.05, 0) is 144 Å². The highest BCUT2D eigenvalue weighted by molar-refractivity contribution is 6.31. The van der Waals surface area contributed by atoms with E-state index in [1.54, 1.807) is 11.1 Å². The lowest BCUT2D eigenvalue weighted by Crippen LogP contribution is -2.19. The van der Waals surface area contributed by atoms with Crippen LogP contribution in [0.3, 0.4) is 0 Å². The zero-order valence-electron chi connectivity index (χ0n) is 32.7. The summed E-state index contributed by atoms with van der Waals surface area (Å²) < 4.78 is 0. The molecule has 0 heteroatoms.